The molecule has 0 atom stereocenters. The van der Waals surface area contributed by atoms with Crippen LogP contribution < -0.4 is 31.2 Å². The van der Waals surface area contributed by atoms with E-state index < -0.39 is 0 Å². The molecule has 0 fully saturated rings. The van der Waals surface area contributed by atoms with E-state index in [4.69, 9.17) is 30.8 Å². The molecule has 0 bridgehead atoms. The van der Waals surface area contributed by atoms with Crippen molar-refractivity contribution < 1.29 is 27.6 Å². The highest BCUT2D eigenvalue weighted by molar-refractivity contribution is 5.81. The highest BCUT2D eigenvalue weighted by Gasteiger charge is 2.33. The molecule has 12 heteroatoms. The summed E-state index contributed by atoms with van der Waals surface area (Å²) in [6.07, 6.45) is 9.39. The molecule has 1 aromatic carbocycles. The van der Waals surface area contributed by atoms with Crippen molar-refractivity contribution in [1.29, 1.82) is 0 Å². The molecule has 3 heterocycles. The van der Waals surface area contributed by atoms with Gasteiger partial charge in [0.25, 0.3) is 0 Å². The van der Waals surface area contributed by atoms with Gasteiger partial charge in [-0.25, -0.2) is 0 Å². The molecule has 210 valence electrons. The van der Waals surface area contributed by atoms with Gasteiger partial charge in [0.2, 0.25) is 15.8 Å². The Balaban J connectivity index is 1.87. The summed E-state index contributed by atoms with van der Waals surface area (Å²) in [5.74, 6) is 0.702. The third kappa shape index (κ3) is 6.37. The predicted molar refractivity (Wildman–Crippen MR) is 145 cm³/mol. The predicted octanol–water partition coefficient (Wildman–Crippen LogP) is 3.83. The van der Waals surface area contributed by atoms with Crippen LogP contribution in [-0.2, 0) is 19.6 Å². The van der Waals surface area contributed by atoms with Crippen molar-refractivity contribution in [3.05, 3.63) is 18.2 Å². The Hall–Kier alpha value is -3.96. The Kier molecular flexibility index (Phi) is 9.50. The fourth-order valence-corrected chi connectivity index (χ4v) is 4.82. The fourth-order valence-electron chi connectivity index (χ4n) is 4.82. The van der Waals surface area contributed by atoms with Crippen LogP contribution in [0.2, 0.25) is 0 Å². The van der Waals surface area contributed by atoms with Crippen LogP contribution in [0.5, 0.6) is 0 Å². The molecule has 0 saturated heterocycles. The van der Waals surface area contributed by atoms with E-state index in [2.05, 4.69) is 36.6 Å². The zero-order chi connectivity index (χ0) is 27.8. The summed E-state index contributed by atoms with van der Waals surface area (Å²) in [5, 5.41) is 12.6. The minimum absolute atomic E-state index is 0.234. The smallest absolute Gasteiger partial charge is 0.304 e. The van der Waals surface area contributed by atoms with Crippen molar-refractivity contribution in [2.75, 3.05) is 17.2 Å². The number of nitrogens with two attached hydrogens (primary N) is 3. The summed E-state index contributed by atoms with van der Waals surface area (Å²) in [4.78, 5) is 0. The van der Waals surface area contributed by atoms with Crippen molar-refractivity contribution in [1.82, 2.24) is 15.8 Å². The largest absolute Gasteiger partial charge is 0.362 e. The quantitative estimate of drug-likeness (QED) is 0.150. The summed E-state index contributed by atoms with van der Waals surface area (Å²) < 4.78 is 21.7. The summed E-state index contributed by atoms with van der Waals surface area (Å²) in [7, 11) is 0. The fraction of sp³-hybridized carbons (Fsp3) is 0.556. The van der Waals surface area contributed by atoms with Crippen LogP contribution in [0, 0.1) is 0 Å². The summed E-state index contributed by atoms with van der Waals surface area (Å²) in [5.41, 5.74) is 23.5. The van der Waals surface area contributed by atoms with Crippen molar-refractivity contribution in [3.63, 3.8) is 0 Å². The molecule has 0 aliphatic heterocycles. The van der Waals surface area contributed by atoms with Crippen LogP contribution in [0.1, 0.15) is 78.6 Å². The first kappa shape index (κ1) is 28.1. The number of aromatic nitrogens is 6. The highest BCUT2D eigenvalue weighted by Crippen LogP contribution is 2.35. The van der Waals surface area contributed by atoms with E-state index in [-0.39, 0.29) is 17.7 Å². The molecule has 0 radical (unpaired) electrons. The number of unbranched alkanes of at least 4 members (excludes halogenated alkanes) is 6. The molecule has 0 aliphatic carbocycles. The average molecular weight is 541 g/mol. The first-order chi connectivity index (χ1) is 19.0. The van der Waals surface area contributed by atoms with E-state index in [0.717, 1.165) is 74.5 Å². The van der Waals surface area contributed by atoms with Gasteiger partial charge in [0.1, 0.15) is 0 Å². The van der Waals surface area contributed by atoms with E-state index >= 15 is 0 Å². The molecular formula is C27H42N9O3+3. The number of anilines is 3. The van der Waals surface area contributed by atoms with Gasteiger partial charge in [-0.05, 0) is 51.5 Å². The SMILES string of the molecule is CCCCC[n+]1noc(N)c1-c1cc(-c2c(N)on[n+]2CCCCC)cc(-c2c(N)on[n+]2CCCCC)c1. The first-order valence-electron chi connectivity index (χ1n) is 14.1. The number of rotatable bonds is 15. The van der Waals surface area contributed by atoms with Crippen molar-refractivity contribution in [2.24, 2.45) is 0 Å². The molecular weight excluding hydrogens is 498 g/mol. The van der Waals surface area contributed by atoms with E-state index in [9.17, 15) is 0 Å². The maximum absolute atomic E-state index is 6.33. The lowest BCUT2D eigenvalue weighted by atomic mass is 9.99. The average Bonchev–Trinajstić information content (AvgIpc) is 3.60. The summed E-state index contributed by atoms with van der Waals surface area (Å²) in [6, 6.07) is 6.02. The molecule has 39 heavy (non-hydrogen) atoms. The van der Waals surface area contributed by atoms with Crippen molar-refractivity contribution in [2.45, 2.75) is 98.2 Å². The molecule has 12 nitrogen and oxygen atoms in total. The van der Waals surface area contributed by atoms with E-state index in [1.54, 1.807) is 0 Å². The minimum Gasteiger partial charge on any atom is -0.362 e. The normalized spacial score (nSPS) is 11.5. The Morgan fingerprint density at radius 2 is 0.795 bits per heavy atom. The molecule has 3 aromatic heterocycles. The first-order valence-corrected chi connectivity index (χ1v) is 14.1. The lowest BCUT2D eigenvalue weighted by Gasteiger charge is -2.04. The standard InChI is InChI=1S/C27H42N9O3/c1-4-7-10-13-34-22(25(28)37-31-34)19-16-20(23-26(29)38-32-35(23)14-11-8-5-2)18-21(17-19)24-27(30)39-33-36(24)15-12-9-6-3/h16-18H,4-15,28-30H2,1-3H3/q+3. The third-order valence-electron chi connectivity index (χ3n) is 6.86. The second-order valence-electron chi connectivity index (χ2n) is 9.95. The molecule has 4 aromatic rings. The lowest BCUT2D eigenvalue weighted by Crippen LogP contribution is -2.39. The van der Waals surface area contributed by atoms with Crippen LogP contribution in [0.15, 0.2) is 31.8 Å². The van der Waals surface area contributed by atoms with Gasteiger partial charge in [0.05, 0.1) is 16.7 Å². The number of hydrogen-bond donors (Lipinski definition) is 3. The maximum atomic E-state index is 6.33. The summed E-state index contributed by atoms with van der Waals surface area (Å²) >= 11 is 0. The number of aryl methyl sites for hydroxylation is 3. The number of nitrogens with zero attached hydrogens (tertiary/aromatic N) is 6. The summed E-state index contributed by atoms with van der Waals surface area (Å²) in [6.45, 7) is 8.54. The third-order valence-corrected chi connectivity index (χ3v) is 6.86. The Bertz CT molecular complexity index is 1180. The Morgan fingerprint density at radius 1 is 0.513 bits per heavy atom. The monoisotopic (exact) mass is 540 g/mol. The van der Waals surface area contributed by atoms with Gasteiger partial charge >= 0.3 is 34.7 Å². The zero-order valence-corrected chi connectivity index (χ0v) is 23.4. The number of benzene rings is 1. The number of nitrogen functional groups attached to an aromatic ring is 3. The molecule has 6 N–H and O–H groups in total. The van der Waals surface area contributed by atoms with Crippen LogP contribution in [0.3, 0.4) is 0 Å². The second kappa shape index (κ2) is 13.2. The molecule has 4 rings (SSSR count). The Morgan fingerprint density at radius 3 is 1.05 bits per heavy atom. The van der Waals surface area contributed by atoms with Crippen molar-refractivity contribution in [3.8, 4) is 33.8 Å². The van der Waals surface area contributed by atoms with Gasteiger partial charge < -0.3 is 17.2 Å². The van der Waals surface area contributed by atoms with E-state index in [0.29, 0.717) is 36.7 Å². The molecule has 0 amide bonds. The molecule has 0 unspecified atom stereocenters. The van der Waals surface area contributed by atoms with Crippen molar-refractivity contribution >= 4 is 17.7 Å². The molecule has 0 aliphatic rings. The number of hydrogen-bond acceptors (Lipinski definition) is 9. The maximum Gasteiger partial charge on any atom is 0.304 e. The van der Waals surface area contributed by atoms with E-state index in [1.165, 1.54) is 0 Å². The van der Waals surface area contributed by atoms with Crippen LogP contribution in [0.25, 0.3) is 33.8 Å². The minimum atomic E-state index is 0.234. The van der Waals surface area contributed by atoms with Gasteiger partial charge in [0.15, 0.2) is 19.6 Å². The van der Waals surface area contributed by atoms with E-state index in [1.807, 2.05) is 32.2 Å². The van der Waals surface area contributed by atoms with Crippen LogP contribution in [-0.4, -0.2) is 15.8 Å². The van der Waals surface area contributed by atoms with Gasteiger partial charge in [-0.2, -0.15) is 0 Å². The molecule has 0 saturated carbocycles. The van der Waals surface area contributed by atoms with Gasteiger partial charge in [-0.1, -0.05) is 40.0 Å². The van der Waals surface area contributed by atoms with Gasteiger partial charge in [0, 0.05) is 19.3 Å². The highest BCUT2D eigenvalue weighted by atomic mass is 16.5. The zero-order valence-electron chi connectivity index (χ0n) is 23.4. The molecule has 0 spiro atoms. The Labute approximate surface area is 228 Å². The van der Waals surface area contributed by atoms with Gasteiger partial charge in [-0.15, -0.1) is 0 Å². The van der Waals surface area contributed by atoms with Crippen LogP contribution >= 0.6 is 0 Å². The second-order valence-corrected chi connectivity index (χ2v) is 9.95. The van der Waals surface area contributed by atoms with Crippen LogP contribution in [0.4, 0.5) is 17.7 Å². The topological polar surface area (TPSA) is 168 Å². The van der Waals surface area contributed by atoms with Gasteiger partial charge in [-0.3, -0.25) is 13.6 Å². The lowest BCUT2D eigenvalue weighted by molar-refractivity contribution is -0.753.